The largest absolute Gasteiger partial charge is 0.497 e. The number of hydrogen-bond acceptors (Lipinski definition) is 6. The fourth-order valence-corrected chi connectivity index (χ4v) is 3.37. The Bertz CT molecular complexity index is 932. The van der Waals surface area contributed by atoms with E-state index in [0.29, 0.717) is 17.3 Å². The molecular weight excluding hydrogens is 354 g/mol. The van der Waals surface area contributed by atoms with Crippen molar-refractivity contribution in [2.24, 2.45) is 0 Å². The zero-order chi connectivity index (χ0) is 20.1. The number of methoxy groups -OCH3 is 2. The molecule has 1 aromatic carbocycles. The SMILES string of the molecule is CCCN(CCC)c1c(OC)c(Nc2ccc(OC)cc2C)nc2nccn12. The van der Waals surface area contributed by atoms with Gasteiger partial charge >= 0.3 is 0 Å². The van der Waals surface area contributed by atoms with Crippen molar-refractivity contribution in [2.75, 3.05) is 37.5 Å². The minimum Gasteiger partial charge on any atom is -0.497 e. The Morgan fingerprint density at radius 1 is 1.11 bits per heavy atom. The highest BCUT2D eigenvalue weighted by atomic mass is 16.5. The molecule has 0 unspecified atom stereocenters. The van der Waals surface area contributed by atoms with Crippen molar-refractivity contribution in [3.63, 3.8) is 0 Å². The Balaban J connectivity index is 2.12. The number of anilines is 3. The molecule has 3 rings (SSSR count). The van der Waals surface area contributed by atoms with Gasteiger partial charge in [0.1, 0.15) is 5.75 Å². The second-order valence-corrected chi connectivity index (χ2v) is 6.71. The maximum absolute atomic E-state index is 5.84. The number of nitrogens with one attached hydrogen (secondary N) is 1. The summed E-state index contributed by atoms with van der Waals surface area (Å²) in [4.78, 5) is 11.5. The first-order valence-electron chi connectivity index (χ1n) is 9.70. The van der Waals surface area contributed by atoms with E-state index in [0.717, 1.165) is 48.7 Å². The predicted octanol–water partition coefficient (Wildman–Crippen LogP) is 4.42. The van der Waals surface area contributed by atoms with Crippen LogP contribution in [0.25, 0.3) is 5.78 Å². The molecule has 2 heterocycles. The normalized spacial score (nSPS) is 10.9. The molecule has 0 aliphatic heterocycles. The average Bonchev–Trinajstić information content (AvgIpc) is 3.16. The molecule has 7 nitrogen and oxygen atoms in total. The van der Waals surface area contributed by atoms with Crippen LogP contribution in [0.15, 0.2) is 30.6 Å². The topological polar surface area (TPSA) is 63.9 Å². The number of hydrogen-bond donors (Lipinski definition) is 1. The molecular formula is C21H29N5O2. The second kappa shape index (κ2) is 8.82. The molecule has 0 saturated carbocycles. The maximum atomic E-state index is 5.84. The van der Waals surface area contributed by atoms with Gasteiger partial charge in [-0.3, -0.25) is 4.40 Å². The zero-order valence-electron chi connectivity index (χ0n) is 17.3. The summed E-state index contributed by atoms with van der Waals surface area (Å²) in [6, 6.07) is 5.90. The van der Waals surface area contributed by atoms with Crippen molar-refractivity contribution in [1.82, 2.24) is 14.4 Å². The fourth-order valence-electron chi connectivity index (χ4n) is 3.37. The van der Waals surface area contributed by atoms with E-state index in [9.17, 15) is 0 Å². The van der Waals surface area contributed by atoms with Crippen LogP contribution >= 0.6 is 0 Å². The van der Waals surface area contributed by atoms with Gasteiger partial charge in [-0.1, -0.05) is 13.8 Å². The van der Waals surface area contributed by atoms with Crippen LogP contribution < -0.4 is 19.7 Å². The van der Waals surface area contributed by atoms with Crippen LogP contribution in [0.4, 0.5) is 17.3 Å². The van der Waals surface area contributed by atoms with Gasteiger partial charge in [0.05, 0.1) is 14.2 Å². The third-order valence-corrected chi connectivity index (χ3v) is 4.66. The van der Waals surface area contributed by atoms with Crippen LogP contribution in [-0.4, -0.2) is 41.7 Å². The van der Waals surface area contributed by atoms with Gasteiger partial charge in [0.25, 0.3) is 0 Å². The van der Waals surface area contributed by atoms with E-state index in [1.54, 1.807) is 20.4 Å². The molecule has 0 bridgehead atoms. The molecule has 1 N–H and O–H groups in total. The van der Waals surface area contributed by atoms with Gasteiger partial charge < -0.3 is 19.7 Å². The van der Waals surface area contributed by atoms with Gasteiger partial charge in [0.2, 0.25) is 11.5 Å². The lowest BCUT2D eigenvalue weighted by atomic mass is 10.2. The molecule has 0 atom stereocenters. The molecule has 28 heavy (non-hydrogen) atoms. The van der Waals surface area contributed by atoms with E-state index < -0.39 is 0 Å². The molecule has 0 aliphatic rings. The standard InChI is InChI=1S/C21H29N5O2/c1-6-11-25(12-7-2)20-18(28-5)19(24-21-22-10-13-26(20)21)23-17-9-8-16(27-4)14-15(17)3/h8-10,13-14H,6-7,11-12H2,1-5H3,(H,22,23,24). The molecule has 150 valence electrons. The number of benzene rings is 1. The summed E-state index contributed by atoms with van der Waals surface area (Å²) in [5, 5.41) is 3.43. The molecule has 0 spiro atoms. The number of rotatable bonds is 9. The lowest BCUT2D eigenvalue weighted by molar-refractivity contribution is 0.412. The average molecular weight is 383 g/mol. The number of nitrogens with zero attached hydrogens (tertiary/aromatic N) is 4. The van der Waals surface area contributed by atoms with Crippen LogP contribution in [0.2, 0.25) is 0 Å². The van der Waals surface area contributed by atoms with Crippen LogP contribution in [0.3, 0.4) is 0 Å². The van der Waals surface area contributed by atoms with Gasteiger partial charge in [-0.2, -0.15) is 4.98 Å². The quantitative estimate of drug-likeness (QED) is 0.590. The van der Waals surface area contributed by atoms with Crippen LogP contribution in [0.1, 0.15) is 32.3 Å². The lowest BCUT2D eigenvalue weighted by Crippen LogP contribution is -2.28. The number of fused-ring (bicyclic) bond motifs is 1. The van der Waals surface area contributed by atoms with E-state index in [2.05, 4.69) is 29.0 Å². The van der Waals surface area contributed by atoms with E-state index in [1.807, 2.05) is 35.7 Å². The van der Waals surface area contributed by atoms with Crippen molar-refractivity contribution >= 4 is 23.1 Å². The highest BCUT2D eigenvalue weighted by Crippen LogP contribution is 2.37. The monoisotopic (exact) mass is 383 g/mol. The summed E-state index contributed by atoms with van der Waals surface area (Å²) in [5.74, 6) is 3.80. The number of imidazole rings is 1. The highest BCUT2D eigenvalue weighted by Gasteiger charge is 2.22. The van der Waals surface area contributed by atoms with Gasteiger partial charge in [-0.05, 0) is 43.5 Å². The van der Waals surface area contributed by atoms with E-state index in [1.165, 1.54) is 0 Å². The maximum Gasteiger partial charge on any atom is 0.237 e. The molecule has 7 heteroatoms. The van der Waals surface area contributed by atoms with Crippen LogP contribution in [-0.2, 0) is 0 Å². The summed E-state index contributed by atoms with van der Waals surface area (Å²) >= 11 is 0. The predicted molar refractivity (Wildman–Crippen MR) is 113 cm³/mol. The summed E-state index contributed by atoms with van der Waals surface area (Å²) in [6.07, 6.45) is 5.79. The molecule has 0 amide bonds. The smallest absolute Gasteiger partial charge is 0.237 e. The molecule has 0 radical (unpaired) electrons. The number of aryl methyl sites for hydroxylation is 1. The van der Waals surface area contributed by atoms with Crippen molar-refractivity contribution < 1.29 is 9.47 Å². The molecule has 2 aromatic heterocycles. The Labute approximate surface area is 166 Å². The van der Waals surface area contributed by atoms with Crippen molar-refractivity contribution in [2.45, 2.75) is 33.6 Å². The molecule has 0 aliphatic carbocycles. The third-order valence-electron chi connectivity index (χ3n) is 4.66. The minimum atomic E-state index is 0.640. The van der Waals surface area contributed by atoms with E-state index >= 15 is 0 Å². The Kier molecular flexibility index (Phi) is 6.23. The molecule has 3 aromatic rings. The Morgan fingerprint density at radius 2 is 1.86 bits per heavy atom. The molecule has 0 fully saturated rings. The summed E-state index contributed by atoms with van der Waals surface area (Å²) in [7, 11) is 3.35. The number of ether oxygens (including phenoxy) is 2. The Hall–Kier alpha value is -2.96. The lowest BCUT2D eigenvalue weighted by Gasteiger charge is -2.27. The van der Waals surface area contributed by atoms with E-state index in [4.69, 9.17) is 14.5 Å². The number of aromatic nitrogens is 3. The first kappa shape index (κ1) is 19.8. The summed E-state index contributed by atoms with van der Waals surface area (Å²) < 4.78 is 13.1. The van der Waals surface area contributed by atoms with Gasteiger partial charge in [-0.15, -0.1) is 0 Å². The van der Waals surface area contributed by atoms with Gasteiger partial charge in [0, 0.05) is 31.2 Å². The zero-order valence-corrected chi connectivity index (χ0v) is 17.3. The Morgan fingerprint density at radius 3 is 2.46 bits per heavy atom. The highest BCUT2D eigenvalue weighted by molar-refractivity contribution is 5.74. The first-order chi connectivity index (χ1) is 13.6. The molecule has 0 saturated heterocycles. The minimum absolute atomic E-state index is 0.640. The van der Waals surface area contributed by atoms with Crippen molar-refractivity contribution in [3.05, 3.63) is 36.2 Å². The third kappa shape index (κ3) is 3.83. The summed E-state index contributed by atoms with van der Waals surface area (Å²) in [5.41, 5.74) is 2.01. The van der Waals surface area contributed by atoms with E-state index in [-0.39, 0.29) is 0 Å². The van der Waals surface area contributed by atoms with Crippen LogP contribution in [0, 0.1) is 6.92 Å². The van der Waals surface area contributed by atoms with Crippen molar-refractivity contribution in [1.29, 1.82) is 0 Å². The van der Waals surface area contributed by atoms with Gasteiger partial charge in [-0.25, -0.2) is 4.98 Å². The van der Waals surface area contributed by atoms with Gasteiger partial charge in [0.15, 0.2) is 11.6 Å². The van der Waals surface area contributed by atoms with Crippen molar-refractivity contribution in [3.8, 4) is 11.5 Å². The first-order valence-corrected chi connectivity index (χ1v) is 9.70. The van der Waals surface area contributed by atoms with Crippen LogP contribution in [0.5, 0.6) is 11.5 Å². The summed E-state index contributed by atoms with van der Waals surface area (Å²) in [6.45, 7) is 8.26. The fraction of sp³-hybridized carbons (Fsp3) is 0.429. The second-order valence-electron chi connectivity index (χ2n) is 6.71.